The summed E-state index contributed by atoms with van der Waals surface area (Å²) in [4.78, 5) is 22.1. The van der Waals surface area contributed by atoms with Gasteiger partial charge in [0.25, 0.3) is 5.91 Å². The lowest BCUT2D eigenvalue weighted by Gasteiger charge is -2.30. The van der Waals surface area contributed by atoms with Gasteiger partial charge < -0.3 is 15.4 Å². The number of fused-ring (bicyclic) bond motifs is 1. The Morgan fingerprint density at radius 2 is 1.63 bits per heavy atom. The molecule has 0 saturated heterocycles. The van der Waals surface area contributed by atoms with Crippen molar-refractivity contribution in [3.05, 3.63) is 77.7 Å². The van der Waals surface area contributed by atoms with Crippen molar-refractivity contribution >= 4 is 22.8 Å². The molecule has 1 fully saturated rings. The molecule has 2 aromatic carbocycles. The van der Waals surface area contributed by atoms with Gasteiger partial charge in [-0.25, -0.2) is 14.6 Å². The van der Waals surface area contributed by atoms with Gasteiger partial charge in [-0.2, -0.15) is 5.10 Å². The van der Waals surface area contributed by atoms with Crippen LogP contribution in [0.25, 0.3) is 16.7 Å². The van der Waals surface area contributed by atoms with Crippen LogP contribution in [0.15, 0.2) is 60.7 Å². The molecule has 5 rings (SSSR count). The summed E-state index contributed by atoms with van der Waals surface area (Å²) in [6, 6.07) is 19.8. The van der Waals surface area contributed by atoms with Crippen LogP contribution in [0.3, 0.4) is 0 Å². The van der Waals surface area contributed by atoms with E-state index in [0.717, 1.165) is 53.9 Å². The Balaban J connectivity index is 1.34. The molecular formula is C27H30N6O2. The molecule has 4 aromatic rings. The fourth-order valence-corrected chi connectivity index (χ4v) is 4.71. The van der Waals surface area contributed by atoms with Crippen molar-refractivity contribution in [2.45, 2.75) is 51.3 Å². The fourth-order valence-electron chi connectivity index (χ4n) is 4.71. The smallest absolute Gasteiger partial charge is 0.251 e. The van der Waals surface area contributed by atoms with Crippen molar-refractivity contribution in [2.75, 3.05) is 12.4 Å². The number of methoxy groups -OCH3 is 1. The minimum Gasteiger partial charge on any atom is -0.377 e. The Morgan fingerprint density at radius 3 is 2.31 bits per heavy atom. The first-order valence-corrected chi connectivity index (χ1v) is 12.1. The quantitative estimate of drug-likeness (QED) is 0.415. The van der Waals surface area contributed by atoms with E-state index in [2.05, 4.69) is 10.6 Å². The van der Waals surface area contributed by atoms with Crippen LogP contribution in [0.5, 0.6) is 0 Å². The monoisotopic (exact) mass is 470 g/mol. The summed E-state index contributed by atoms with van der Waals surface area (Å²) >= 11 is 0. The zero-order chi connectivity index (χ0) is 24.2. The van der Waals surface area contributed by atoms with Crippen LogP contribution in [0.2, 0.25) is 0 Å². The van der Waals surface area contributed by atoms with Crippen LogP contribution in [0.1, 0.15) is 47.6 Å². The summed E-state index contributed by atoms with van der Waals surface area (Å²) in [6.07, 6.45) is 3.71. The van der Waals surface area contributed by atoms with E-state index in [4.69, 9.17) is 19.8 Å². The highest BCUT2D eigenvalue weighted by atomic mass is 16.5. The average Bonchev–Trinajstić information content (AvgIpc) is 3.23. The first-order valence-electron chi connectivity index (χ1n) is 12.1. The van der Waals surface area contributed by atoms with Crippen molar-refractivity contribution < 1.29 is 9.53 Å². The van der Waals surface area contributed by atoms with E-state index >= 15 is 0 Å². The van der Waals surface area contributed by atoms with Crippen LogP contribution in [0, 0.1) is 6.92 Å². The summed E-state index contributed by atoms with van der Waals surface area (Å²) in [5.41, 5.74) is 3.29. The number of nitrogens with one attached hydrogen (secondary N) is 2. The SMILES string of the molecule is COCc1nc(NC2CCC(NC(=O)c3ccccc3)CC2)c2c(C)nn(-c3ccccc3)c2n1. The number of rotatable bonds is 7. The second kappa shape index (κ2) is 10.2. The number of para-hydroxylation sites is 1. The summed E-state index contributed by atoms with van der Waals surface area (Å²) in [5.74, 6) is 1.40. The second-order valence-corrected chi connectivity index (χ2v) is 8.99. The predicted molar refractivity (Wildman–Crippen MR) is 136 cm³/mol. The molecule has 2 aromatic heterocycles. The third-order valence-electron chi connectivity index (χ3n) is 6.46. The van der Waals surface area contributed by atoms with Crippen LogP contribution < -0.4 is 10.6 Å². The number of aromatic nitrogens is 4. The average molecular weight is 471 g/mol. The Hall–Kier alpha value is -3.78. The van der Waals surface area contributed by atoms with Crippen molar-refractivity contribution in [1.82, 2.24) is 25.1 Å². The number of nitrogens with zero attached hydrogens (tertiary/aromatic N) is 4. The molecule has 35 heavy (non-hydrogen) atoms. The number of benzene rings is 2. The molecular weight excluding hydrogens is 440 g/mol. The number of carbonyl (C=O) groups is 1. The number of hydrogen-bond acceptors (Lipinski definition) is 6. The summed E-state index contributed by atoms with van der Waals surface area (Å²) in [7, 11) is 1.64. The predicted octanol–water partition coefficient (Wildman–Crippen LogP) is 4.42. The third kappa shape index (κ3) is 5.02. The molecule has 0 radical (unpaired) electrons. The molecule has 0 bridgehead atoms. The van der Waals surface area contributed by atoms with Gasteiger partial charge in [-0.3, -0.25) is 4.79 Å². The van der Waals surface area contributed by atoms with E-state index in [-0.39, 0.29) is 18.0 Å². The van der Waals surface area contributed by atoms with Gasteiger partial charge in [0.1, 0.15) is 12.4 Å². The molecule has 2 N–H and O–H groups in total. The van der Waals surface area contributed by atoms with E-state index in [1.165, 1.54) is 0 Å². The number of ether oxygens (including phenoxy) is 1. The minimum absolute atomic E-state index is 0.00678. The highest BCUT2D eigenvalue weighted by Gasteiger charge is 2.25. The largest absolute Gasteiger partial charge is 0.377 e. The van der Waals surface area contributed by atoms with Crippen molar-refractivity contribution in [1.29, 1.82) is 0 Å². The molecule has 1 amide bonds. The summed E-state index contributed by atoms with van der Waals surface area (Å²) < 4.78 is 7.21. The summed E-state index contributed by atoms with van der Waals surface area (Å²) in [5, 5.41) is 12.5. The molecule has 0 unspecified atom stereocenters. The van der Waals surface area contributed by atoms with Crippen LogP contribution >= 0.6 is 0 Å². The zero-order valence-electron chi connectivity index (χ0n) is 20.1. The molecule has 1 aliphatic carbocycles. The molecule has 8 nitrogen and oxygen atoms in total. The number of aryl methyl sites for hydroxylation is 1. The summed E-state index contributed by atoms with van der Waals surface area (Å²) in [6.45, 7) is 2.31. The molecule has 0 aliphatic heterocycles. The van der Waals surface area contributed by atoms with Crippen molar-refractivity contribution in [2.24, 2.45) is 0 Å². The molecule has 1 aliphatic rings. The number of hydrogen-bond donors (Lipinski definition) is 2. The topological polar surface area (TPSA) is 94.0 Å². The van der Waals surface area contributed by atoms with Gasteiger partial charge >= 0.3 is 0 Å². The minimum atomic E-state index is -0.00678. The Morgan fingerprint density at radius 1 is 0.971 bits per heavy atom. The van der Waals surface area contributed by atoms with E-state index < -0.39 is 0 Å². The highest BCUT2D eigenvalue weighted by Crippen LogP contribution is 2.29. The van der Waals surface area contributed by atoms with Gasteiger partial charge in [-0.1, -0.05) is 36.4 Å². The van der Waals surface area contributed by atoms with Gasteiger partial charge in [0.15, 0.2) is 11.5 Å². The van der Waals surface area contributed by atoms with E-state index in [0.29, 0.717) is 18.0 Å². The first kappa shape index (κ1) is 23.0. The lowest BCUT2D eigenvalue weighted by Crippen LogP contribution is -2.40. The maximum atomic E-state index is 12.5. The van der Waals surface area contributed by atoms with Crippen LogP contribution in [-0.2, 0) is 11.3 Å². The second-order valence-electron chi connectivity index (χ2n) is 8.99. The standard InChI is InChI=1S/C27H30N6O2/c1-18-24-25(28-20-13-15-21(16-14-20)29-27(34)19-9-5-3-6-10-19)30-23(17-35-2)31-26(24)33(32-18)22-11-7-4-8-12-22/h3-12,20-21H,13-17H2,1-2H3,(H,29,34)(H,28,30,31). The van der Waals surface area contributed by atoms with Gasteiger partial charge in [0, 0.05) is 24.8 Å². The van der Waals surface area contributed by atoms with Crippen molar-refractivity contribution in [3.8, 4) is 5.69 Å². The first-order chi connectivity index (χ1) is 17.1. The number of anilines is 1. The number of amides is 1. The zero-order valence-corrected chi connectivity index (χ0v) is 20.1. The van der Waals surface area contributed by atoms with Crippen LogP contribution in [0.4, 0.5) is 5.82 Å². The Labute approximate surface area is 204 Å². The van der Waals surface area contributed by atoms with Gasteiger partial charge in [-0.15, -0.1) is 0 Å². The molecule has 1 saturated carbocycles. The molecule has 0 atom stereocenters. The van der Waals surface area contributed by atoms with E-state index in [1.807, 2.05) is 72.3 Å². The van der Waals surface area contributed by atoms with Gasteiger partial charge in [0.05, 0.1) is 16.8 Å². The molecule has 0 spiro atoms. The number of carbonyl (C=O) groups excluding carboxylic acids is 1. The van der Waals surface area contributed by atoms with E-state index in [9.17, 15) is 4.79 Å². The molecule has 2 heterocycles. The third-order valence-corrected chi connectivity index (χ3v) is 6.46. The fraction of sp³-hybridized carbons (Fsp3) is 0.333. The Kier molecular flexibility index (Phi) is 6.72. The maximum absolute atomic E-state index is 12.5. The highest BCUT2D eigenvalue weighted by molar-refractivity contribution is 5.94. The molecule has 180 valence electrons. The Bertz CT molecular complexity index is 1300. The lowest BCUT2D eigenvalue weighted by molar-refractivity contribution is 0.0926. The van der Waals surface area contributed by atoms with Crippen LogP contribution in [-0.4, -0.2) is 44.8 Å². The van der Waals surface area contributed by atoms with Gasteiger partial charge in [-0.05, 0) is 56.9 Å². The van der Waals surface area contributed by atoms with Crippen molar-refractivity contribution in [3.63, 3.8) is 0 Å². The molecule has 8 heteroatoms. The maximum Gasteiger partial charge on any atom is 0.251 e. The van der Waals surface area contributed by atoms with E-state index in [1.54, 1.807) is 7.11 Å². The lowest BCUT2D eigenvalue weighted by atomic mass is 9.91. The van der Waals surface area contributed by atoms with Gasteiger partial charge in [0.2, 0.25) is 0 Å². The normalized spacial score (nSPS) is 17.9.